The smallest absolute Gasteiger partial charge is 0.341 e. The summed E-state index contributed by atoms with van der Waals surface area (Å²) in [6.07, 6.45) is 0. The summed E-state index contributed by atoms with van der Waals surface area (Å²) in [7, 11) is -2.64. The van der Waals surface area contributed by atoms with Gasteiger partial charge in [0.25, 0.3) is 5.91 Å². The zero-order valence-electron chi connectivity index (χ0n) is 15.2. The molecule has 0 saturated carbocycles. The summed E-state index contributed by atoms with van der Waals surface area (Å²) in [5.74, 6) is -3.90. The lowest BCUT2D eigenvalue weighted by Crippen LogP contribution is -2.23. The first-order valence-corrected chi connectivity index (χ1v) is 9.95. The third-order valence-corrected chi connectivity index (χ3v) is 5.51. The number of sulfone groups is 1. The molecule has 0 spiro atoms. The van der Waals surface area contributed by atoms with Crippen LogP contribution in [0.25, 0.3) is 0 Å². The molecule has 0 aromatic heterocycles. The van der Waals surface area contributed by atoms with Gasteiger partial charge >= 0.3 is 5.76 Å². The molecule has 0 saturated heterocycles. The first-order chi connectivity index (χ1) is 12.7. The van der Waals surface area contributed by atoms with Gasteiger partial charge in [0.05, 0.1) is 4.90 Å². The van der Waals surface area contributed by atoms with Crippen LogP contribution in [-0.2, 0) is 22.9 Å². The summed E-state index contributed by atoms with van der Waals surface area (Å²) in [5, 5.41) is 2.74. The quantitative estimate of drug-likeness (QED) is 0.745. The second kappa shape index (κ2) is 9.05. The van der Waals surface area contributed by atoms with Crippen LogP contribution in [0.2, 0.25) is 0 Å². The number of benzene rings is 2. The number of hydrogen-bond donors (Lipinski definition) is 1. The molecule has 0 aliphatic carbocycles. The molecule has 2 aromatic rings. The third kappa shape index (κ3) is 5.58. The molecule has 0 aliphatic rings. The Balaban J connectivity index is 2.01. The molecule has 0 bridgehead atoms. The summed E-state index contributed by atoms with van der Waals surface area (Å²) in [5.41, 5.74) is 2.26. The maximum atomic E-state index is 12.5. The average Bonchev–Trinajstić information content (AvgIpc) is 2.66. The van der Waals surface area contributed by atoms with Gasteiger partial charge in [0.15, 0.2) is 0 Å². The molecule has 2 aromatic carbocycles. The first kappa shape index (κ1) is 21.0. The molecule has 0 aliphatic heterocycles. The molecule has 5 nitrogen and oxygen atoms in total. The van der Waals surface area contributed by atoms with Gasteiger partial charge < -0.3 is 10.2 Å². The Morgan fingerprint density at radius 1 is 1.11 bits per heavy atom. The molecule has 1 N–H and O–H groups in total. The maximum absolute atomic E-state index is 12.5. The number of alkyl halides is 2. The summed E-state index contributed by atoms with van der Waals surface area (Å²) >= 11 is 0. The van der Waals surface area contributed by atoms with Crippen molar-refractivity contribution in [3.63, 3.8) is 0 Å². The largest absolute Gasteiger partial charge is 0.348 e. The van der Waals surface area contributed by atoms with Crippen molar-refractivity contribution in [1.82, 2.24) is 10.2 Å². The Hall–Kier alpha value is -2.32. The van der Waals surface area contributed by atoms with E-state index in [4.69, 9.17) is 0 Å². The van der Waals surface area contributed by atoms with Crippen molar-refractivity contribution < 1.29 is 22.0 Å². The molecule has 0 atom stereocenters. The van der Waals surface area contributed by atoms with Crippen LogP contribution in [0.4, 0.5) is 8.78 Å². The fraction of sp³-hybridized carbons (Fsp3) is 0.316. The van der Waals surface area contributed by atoms with Crippen LogP contribution in [0.3, 0.4) is 0 Å². The topological polar surface area (TPSA) is 66.5 Å². The minimum Gasteiger partial charge on any atom is -0.348 e. The molecule has 0 fully saturated rings. The number of rotatable bonds is 8. The van der Waals surface area contributed by atoms with Crippen LogP contribution in [0.5, 0.6) is 0 Å². The Kier molecular flexibility index (Phi) is 7.04. The number of nitrogens with one attached hydrogen (secondary N) is 1. The van der Waals surface area contributed by atoms with Crippen LogP contribution >= 0.6 is 0 Å². The molecule has 27 heavy (non-hydrogen) atoms. The number of halogens is 2. The first-order valence-electron chi connectivity index (χ1n) is 8.40. The van der Waals surface area contributed by atoms with Crippen molar-refractivity contribution in [2.24, 2.45) is 0 Å². The molecule has 8 heteroatoms. The fourth-order valence-corrected chi connectivity index (χ4v) is 3.17. The lowest BCUT2D eigenvalue weighted by Gasteiger charge is -2.14. The van der Waals surface area contributed by atoms with E-state index >= 15 is 0 Å². The average molecular weight is 396 g/mol. The normalized spacial score (nSPS) is 11.8. The second-order valence-corrected chi connectivity index (χ2v) is 8.08. The zero-order chi connectivity index (χ0) is 20.0. The molecule has 146 valence electrons. The van der Waals surface area contributed by atoms with Crippen molar-refractivity contribution >= 4 is 15.7 Å². The van der Waals surface area contributed by atoms with Gasteiger partial charge in [-0.15, -0.1) is 0 Å². The predicted octanol–water partition coefficient (Wildman–Crippen LogP) is 3.06. The highest BCUT2D eigenvalue weighted by Gasteiger charge is 2.26. The van der Waals surface area contributed by atoms with Gasteiger partial charge in [-0.1, -0.05) is 31.2 Å². The van der Waals surface area contributed by atoms with Crippen molar-refractivity contribution in [3.05, 3.63) is 65.2 Å². The monoisotopic (exact) mass is 396 g/mol. The van der Waals surface area contributed by atoms with E-state index in [9.17, 15) is 22.0 Å². The zero-order valence-corrected chi connectivity index (χ0v) is 16.0. The van der Waals surface area contributed by atoms with E-state index in [1.165, 1.54) is 12.1 Å². The van der Waals surface area contributed by atoms with E-state index in [-0.39, 0.29) is 5.56 Å². The standard InChI is InChI=1S/C19H22F2N2O3S/c1-3-23(2)13-15-6-4-5-14(11-15)12-22-18(24)16-7-9-17(10-8-16)27(25,26)19(20)21/h4-11,19H,3,12-13H2,1-2H3,(H,22,24). The lowest BCUT2D eigenvalue weighted by atomic mass is 10.1. The van der Waals surface area contributed by atoms with E-state index in [0.717, 1.165) is 36.3 Å². The van der Waals surface area contributed by atoms with Crippen molar-refractivity contribution in [2.75, 3.05) is 13.6 Å². The Morgan fingerprint density at radius 3 is 2.33 bits per heavy atom. The maximum Gasteiger partial charge on any atom is 0.341 e. The molecular weight excluding hydrogens is 374 g/mol. The Labute approximate surface area is 157 Å². The van der Waals surface area contributed by atoms with Crippen LogP contribution in [0, 0.1) is 0 Å². The summed E-state index contributed by atoms with van der Waals surface area (Å²) in [6.45, 7) is 4.11. The van der Waals surface area contributed by atoms with Gasteiger partial charge in [-0.2, -0.15) is 8.78 Å². The van der Waals surface area contributed by atoms with Crippen LogP contribution in [-0.4, -0.2) is 38.6 Å². The number of nitrogens with zero attached hydrogens (tertiary/aromatic N) is 1. The highest BCUT2D eigenvalue weighted by atomic mass is 32.2. The van der Waals surface area contributed by atoms with Gasteiger partial charge in [0.1, 0.15) is 0 Å². The fourth-order valence-electron chi connectivity index (χ4n) is 2.44. The molecule has 0 heterocycles. The highest BCUT2D eigenvalue weighted by molar-refractivity contribution is 7.91. The van der Waals surface area contributed by atoms with Crippen LogP contribution < -0.4 is 5.32 Å². The van der Waals surface area contributed by atoms with Gasteiger partial charge in [0, 0.05) is 18.7 Å². The van der Waals surface area contributed by atoms with Crippen molar-refractivity contribution in [1.29, 1.82) is 0 Å². The summed E-state index contributed by atoms with van der Waals surface area (Å²) < 4.78 is 47.9. The van der Waals surface area contributed by atoms with Gasteiger partial charge in [0.2, 0.25) is 9.84 Å². The second-order valence-electron chi connectivity index (χ2n) is 6.16. The van der Waals surface area contributed by atoms with Crippen LogP contribution in [0.1, 0.15) is 28.4 Å². The van der Waals surface area contributed by atoms with Gasteiger partial charge in [-0.05, 0) is 49.0 Å². The predicted molar refractivity (Wildman–Crippen MR) is 99.3 cm³/mol. The Morgan fingerprint density at radius 2 is 1.74 bits per heavy atom. The van der Waals surface area contributed by atoms with E-state index in [2.05, 4.69) is 17.1 Å². The number of amides is 1. The SMILES string of the molecule is CCN(C)Cc1cccc(CNC(=O)c2ccc(S(=O)(=O)C(F)F)cc2)c1. The number of carbonyl (C=O) groups excluding carboxylic acids is 1. The molecular formula is C19H22F2N2O3S. The van der Waals surface area contributed by atoms with Gasteiger partial charge in [-0.25, -0.2) is 8.42 Å². The lowest BCUT2D eigenvalue weighted by molar-refractivity contribution is 0.0951. The van der Waals surface area contributed by atoms with E-state index < -0.39 is 26.4 Å². The van der Waals surface area contributed by atoms with Gasteiger partial charge in [-0.3, -0.25) is 4.79 Å². The van der Waals surface area contributed by atoms with Crippen molar-refractivity contribution in [3.8, 4) is 0 Å². The molecule has 0 radical (unpaired) electrons. The van der Waals surface area contributed by atoms with E-state index in [1.54, 1.807) is 0 Å². The molecule has 0 unspecified atom stereocenters. The minimum absolute atomic E-state index is 0.199. The van der Waals surface area contributed by atoms with E-state index in [1.807, 2.05) is 31.3 Å². The molecule has 2 rings (SSSR count). The van der Waals surface area contributed by atoms with Crippen molar-refractivity contribution in [2.45, 2.75) is 30.7 Å². The highest BCUT2D eigenvalue weighted by Crippen LogP contribution is 2.18. The summed E-state index contributed by atoms with van der Waals surface area (Å²) in [4.78, 5) is 13.9. The Bertz CT molecular complexity index is 884. The van der Waals surface area contributed by atoms with Crippen LogP contribution in [0.15, 0.2) is 53.4 Å². The number of carbonyl (C=O) groups is 1. The minimum atomic E-state index is -4.66. The number of hydrogen-bond acceptors (Lipinski definition) is 4. The third-order valence-electron chi connectivity index (χ3n) is 4.12. The van der Waals surface area contributed by atoms with E-state index in [0.29, 0.717) is 6.54 Å². The molecule has 1 amide bonds. The summed E-state index contributed by atoms with van der Waals surface area (Å²) in [6, 6.07) is 12.3.